The first-order valence-electron chi connectivity index (χ1n) is 14.1. The van der Waals surface area contributed by atoms with Crippen molar-refractivity contribution >= 4 is 29.1 Å². The average Bonchev–Trinajstić information content (AvgIpc) is 2.82. The van der Waals surface area contributed by atoms with Gasteiger partial charge in [-0.2, -0.15) is 0 Å². The van der Waals surface area contributed by atoms with Gasteiger partial charge in [0.1, 0.15) is 17.6 Å². The van der Waals surface area contributed by atoms with Crippen molar-refractivity contribution < 1.29 is 39.2 Å². The van der Waals surface area contributed by atoms with Gasteiger partial charge < -0.3 is 20.1 Å². The number of rotatable bonds is 4. The standard InChI is InChI=1S/C32H38O8/c1-14(2)23-15(3)21(17(5)33)26(36)32(39)27(37)24-25(35)22-19(12-9-13-20(22)34)16(4)30(24,6)29(31(23,32)7)40-28(38)18-10-8-11-18/h9,12-14,16,18,23,29,34-35,39H,8,10-11H2,1-7H3/t16-,23+,29-,30+,31+,32+/m0/s1. The molecule has 0 aromatic heterocycles. The molecule has 0 radical (unpaired) electrons. The van der Waals surface area contributed by atoms with E-state index in [2.05, 4.69) is 0 Å². The number of aliphatic hydroxyl groups is 2. The maximum absolute atomic E-state index is 14.6. The van der Waals surface area contributed by atoms with Crippen molar-refractivity contribution in [3.63, 3.8) is 0 Å². The summed E-state index contributed by atoms with van der Waals surface area (Å²) in [5.74, 6) is -5.85. The fraction of sp³-hybridized carbons (Fsp3) is 0.562. The number of benzene rings is 1. The monoisotopic (exact) mass is 550 g/mol. The van der Waals surface area contributed by atoms with E-state index in [1.807, 2.05) is 20.8 Å². The number of allylic oxidation sites excluding steroid dienone is 1. The first-order chi connectivity index (χ1) is 18.6. The average molecular weight is 551 g/mol. The van der Waals surface area contributed by atoms with Crippen molar-refractivity contribution in [1.29, 1.82) is 0 Å². The van der Waals surface area contributed by atoms with E-state index in [4.69, 9.17) is 4.74 Å². The first-order valence-corrected chi connectivity index (χ1v) is 14.1. The Morgan fingerprint density at radius 2 is 1.70 bits per heavy atom. The minimum atomic E-state index is -2.81. The minimum absolute atomic E-state index is 0.0364. The smallest absolute Gasteiger partial charge is 0.309 e. The Morgan fingerprint density at radius 1 is 1.07 bits per heavy atom. The highest BCUT2D eigenvalue weighted by molar-refractivity contribution is 6.34. The summed E-state index contributed by atoms with van der Waals surface area (Å²) < 4.78 is 6.37. The van der Waals surface area contributed by atoms with Gasteiger partial charge in [0.2, 0.25) is 11.6 Å². The van der Waals surface area contributed by atoms with E-state index < -0.39 is 63.4 Å². The number of ether oxygens (including phenoxy) is 1. The molecule has 2 fully saturated rings. The number of Topliss-reactive ketones (excluding diaryl/α,β-unsaturated/α-hetero) is 3. The molecule has 0 heterocycles. The molecule has 0 bridgehead atoms. The number of aromatic hydroxyl groups is 1. The molecule has 0 spiro atoms. The molecule has 214 valence electrons. The second-order valence-electron chi connectivity index (χ2n) is 12.9. The summed E-state index contributed by atoms with van der Waals surface area (Å²) in [6.45, 7) is 11.8. The van der Waals surface area contributed by atoms with Gasteiger partial charge in [0.05, 0.1) is 28.0 Å². The van der Waals surface area contributed by atoms with Crippen LogP contribution < -0.4 is 0 Å². The van der Waals surface area contributed by atoms with Crippen molar-refractivity contribution in [2.24, 2.45) is 28.6 Å². The van der Waals surface area contributed by atoms with Crippen LogP contribution in [-0.4, -0.2) is 50.3 Å². The maximum Gasteiger partial charge on any atom is 0.309 e. The van der Waals surface area contributed by atoms with Crippen molar-refractivity contribution in [3.05, 3.63) is 46.0 Å². The molecule has 40 heavy (non-hydrogen) atoms. The molecule has 0 aliphatic heterocycles. The number of phenolic OH excluding ortho intramolecular Hbond substituents is 1. The third-order valence-corrected chi connectivity index (χ3v) is 10.6. The van der Waals surface area contributed by atoms with Crippen molar-refractivity contribution in [2.45, 2.75) is 85.4 Å². The van der Waals surface area contributed by atoms with Crippen molar-refractivity contribution in [2.75, 3.05) is 0 Å². The lowest BCUT2D eigenvalue weighted by molar-refractivity contribution is -0.226. The Labute approximate surface area is 234 Å². The molecule has 0 amide bonds. The highest BCUT2D eigenvalue weighted by Gasteiger charge is 2.78. The predicted molar refractivity (Wildman–Crippen MR) is 146 cm³/mol. The van der Waals surface area contributed by atoms with E-state index in [9.17, 15) is 34.5 Å². The third kappa shape index (κ3) is 3.17. The van der Waals surface area contributed by atoms with Crippen LogP contribution in [0.5, 0.6) is 5.75 Å². The van der Waals surface area contributed by atoms with Gasteiger partial charge in [-0.3, -0.25) is 19.2 Å². The van der Waals surface area contributed by atoms with Crippen molar-refractivity contribution in [1.82, 2.24) is 0 Å². The van der Waals surface area contributed by atoms with Gasteiger partial charge >= 0.3 is 5.97 Å². The van der Waals surface area contributed by atoms with Gasteiger partial charge in [0.25, 0.3) is 0 Å². The molecule has 4 aliphatic carbocycles. The second kappa shape index (κ2) is 8.87. The largest absolute Gasteiger partial charge is 0.507 e. The van der Waals surface area contributed by atoms with E-state index in [1.54, 1.807) is 32.9 Å². The lowest BCUT2D eigenvalue weighted by Gasteiger charge is -2.64. The first kappa shape index (κ1) is 28.3. The zero-order chi connectivity index (χ0) is 29.7. The molecule has 4 aliphatic rings. The highest BCUT2D eigenvalue weighted by atomic mass is 16.5. The molecule has 3 N–H and O–H groups in total. The number of carbonyl (C=O) groups is 4. The van der Waals surface area contributed by atoms with Crippen molar-refractivity contribution in [3.8, 4) is 5.75 Å². The summed E-state index contributed by atoms with van der Waals surface area (Å²) in [5.41, 5.74) is -5.37. The Kier molecular flexibility index (Phi) is 6.27. The third-order valence-electron chi connectivity index (χ3n) is 10.6. The normalized spacial score (nSPS) is 35.7. The summed E-state index contributed by atoms with van der Waals surface area (Å²) in [4.78, 5) is 55.2. The Bertz CT molecular complexity index is 1430. The van der Waals surface area contributed by atoms with E-state index in [1.165, 1.54) is 13.0 Å². The molecule has 1 aromatic rings. The fourth-order valence-corrected chi connectivity index (χ4v) is 8.48. The van der Waals surface area contributed by atoms with Gasteiger partial charge in [-0.1, -0.05) is 58.7 Å². The molecule has 5 rings (SSSR count). The van der Waals surface area contributed by atoms with Crippen LogP contribution in [0.4, 0.5) is 0 Å². The highest BCUT2D eigenvalue weighted by Crippen LogP contribution is 2.68. The summed E-state index contributed by atoms with van der Waals surface area (Å²) in [6.07, 6.45) is 0.955. The molecule has 0 unspecified atom stereocenters. The van der Waals surface area contributed by atoms with Crippen LogP contribution >= 0.6 is 0 Å². The molecule has 6 atom stereocenters. The number of fused-ring (bicyclic) bond motifs is 3. The van der Waals surface area contributed by atoms with E-state index in [0.717, 1.165) is 6.42 Å². The van der Waals surface area contributed by atoms with Gasteiger partial charge in [-0.05, 0) is 56.1 Å². The Balaban J connectivity index is 1.91. The number of esters is 1. The Morgan fingerprint density at radius 3 is 2.23 bits per heavy atom. The minimum Gasteiger partial charge on any atom is -0.507 e. The number of ketones is 3. The van der Waals surface area contributed by atoms with E-state index >= 15 is 0 Å². The van der Waals surface area contributed by atoms with Crippen LogP contribution in [0.25, 0.3) is 5.76 Å². The molecule has 8 heteroatoms. The van der Waals surface area contributed by atoms with Crippen LogP contribution in [0.15, 0.2) is 34.9 Å². The quantitative estimate of drug-likeness (QED) is 0.281. The van der Waals surface area contributed by atoms with Gasteiger partial charge in [0, 0.05) is 5.41 Å². The molecule has 0 saturated heterocycles. The second-order valence-corrected chi connectivity index (χ2v) is 12.9. The summed E-state index contributed by atoms with van der Waals surface area (Å²) in [5, 5.41) is 34.9. The molecule has 8 nitrogen and oxygen atoms in total. The van der Waals surface area contributed by atoms with E-state index in [-0.39, 0.29) is 34.3 Å². The fourth-order valence-electron chi connectivity index (χ4n) is 8.48. The topological polar surface area (TPSA) is 138 Å². The van der Waals surface area contributed by atoms with Gasteiger partial charge in [0.15, 0.2) is 11.4 Å². The lowest BCUT2D eigenvalue weighted by atomic mass is 9.39. The number of carbonyl (C=O) groups excluding carboxylic acids is 4. The zero-order valence-corrected chi connectivity index (χ0v) is 24.1. The molecular weight excluding hydrogens is 512 g/mol. The lowest BCUT2D eigenvalue weighted by Crippen LogP contribution is -2.77. The summed E-state index contributed by atoms with van der Waals surface area (Å²) in [6, 6.07) is 4.75. The van der Waals surface area contributed by atoms with Crippen LogP contribution in [0.3, 0.4) is 0 Å². The summed E-state index contributed by atoms with van der Waals surface area (Å²) >= 11 is 0. The van der Waals surface area contributed by atoms with Crippen LogP contribution in [-0.2, 0) is 23.9 Å². The zero-order valence-electron chi connectivity index (χ0n) is 24.1. The van der Waals surface area contributed by atoms with Gasteiger partial charge in [-0.25, -0.2) is 0 Å². The maximum atomic E-state index is 14.6. The van der Waals surface area contributed by atoms with Crippen LogP contribution in [0.1, 0.15) is 84.8 Å². The van der Waals surface area contributed by atoms with Crippen LogP contribution in [0.2, 0.25) is 0 Å². The molecule has 1 aromatic carbocycles. The van der Waals surface area contributed by atoms with E-state index in [0.29, 0.717) is 24.0 Å². The Hall–Kier alpha value is -3.26. The number of hydrogen-bond acceptors (Lipinski definition) is 8. The molecular formula is C32H38O8. The number of aliphatic hydroxyl groups excluding tert-OH is 1. The predicted octanol–water partition coefficient (Wildman–Crippen LogP) is 4.58. The van der Waals surface area contributed by atoms with Gasteiger partial charge in [-0.15, -0.1) is 0 Å². The van der Waals surface area contributed by atoms with Crippen LogP contribution in [0, 0.1) is 28.6 Å². The number of hydrogen-bond donors (Lipinski definition) is 3. The number of phenols is 1. The summed E-state index contributed by atoms with van der Waals surface area (Å²) in [7, 11) is 0. The molecule has 2 saturated carbocycles. The SMILES string of the molecule is CC(=O)C1=C(C)[C@@H](C(C)C)[C@]2(C)[C@@H](OC(=O)C3CCC3)[C@@]3(C)C(=C(O)c4c(O)cccc4[C@@H]3C)C(=O)[C@]2(O)C1=O.